The smallest absolute Gasteiger partial charge is 0.375 e. The van der Waals surface area contributed by atoms with E-state index in [1.54, 1.807) is 18.7 Å². The van der Waals surface area contributed by atoms with Crippen molar-refractivity contribution in [2.45, 2.75) is 544 Å². The zero-order valence-corrected chi connectivity index (χ0v) is 93.5. The summed E-state index contributed by atoms with van der Waals surface area (Å²) in [6.07, 6.45) is 10.3. The van der Waals surface area contributed by atoms with Crippen molar-refractivity contribution in [1.82, 2.24) is 68.6 Å². The Hall–Kier alpha value is -1.79. The highest BCUT2D eigenvalue weighted by Crippen LogP contribution is 2.61. The van der Waals surface area contributed by atoms with Gasteiger partial charge in [-0.1, -0.05) is 14.9 Å². The lowest BCUT2D eigenvalue weighted by atomic mass is 9.64. The largest absolute Gasteiger partial charge is 0.404 e. The number of hydrogen-bond acceptors (Lipinski definition) is 15. The Bertz CT molecular complexity index is 3540. The summed E-state index contributed by atoms with van der Waals surface area (Å²) in [5, 5.41) is 0. The molecule has 848 valence electrons. The third-order valence-electron chi connectivity index (χ3n) is 35.2. The number of piperidine rings is 5. The van der Waals surface area contributed by atoms with E-state index in [1.807, 2.05) is 51.3 Å². The second-order valence-electron chi connectivity index (χ2n) is 50.3. The fourth-order valence-corrected chi connectivity index (χ4v) is 25.4. The molecule has 21 rings (SSSR count). The van der Waals surface area contributed by atoms with Gasteiger partial charge in [-0.2, -0.15) is 35.1 Å². The molecule has 21 aliphatic rings. The van der Waals surface area contributed by atoms with Gasteiger partial charge >= 0.3 is 18.4 Å². The number of alkyl halides is 17. The minimum Gasteiger partial charge on any atom is -0.375 e. The van der Waals surface area contributed by atoms with E-state index in [1.165, 1.54) is 102 Å². The molecule has 3 spiro atoms. The van der Waals surface area contributed by atoms with Crippen LogP contribution in [-0.4, -0.2) is 387 Å². The molecule has 14 unspecified atom stereocenters. The van der Waals surface area contributed by atoms with Crippen LogP contribution in [0.1, 0.15) is 357 Å². The van der Waals surface area contributed by atoms with E-state index in [2.05, 4.69) is 208 Å². The number of rotatable bonds is 13. The SMILES string of the molecule is C.C.CC(C)N1C2CCC(OC2)C1C.CC(C)N1C2CCC1CC(F)(F)C2.CC(C)N1CC(C(F)(F)F)C1.CC(C)N1CC(F)C2(CC2)C1.CC(C)N1CC2C(C1)C2(F)F.CC(C)N1CC2CC2C1C(F)(F)F.CC(C)N1CCC1(F)F.CC(C)N1CCC12CC(F)(F)C2.CC(C)N1CCC1C.CC(C)N1CCC2(CC2)C1.CC(C)N1CCCC(F)(F)C1.CC(C)N1CCCC1C.CC(C)N1CCN(C)CC1C. The van der Waals surface area contributed by atoms with Crippen LogP contribution in [0.15, 0.2) is 0 Å². The zero-order chi connectivity index (χ0) is 106. The highest BCUT2D eigenvalue weighted by Gasteiger charge is 2.72. The first-order valence-electron chi connectivity index (χ1n) is 55.7. The predicted molar refractivity (Wildman–Crippen MR) is 556 cm³/mol. The van der Waals surface area contributed by atoms with Crippen LogP contribution >= 0.6 is 0 Å². The lowest BCUT2D eigenvalue weighted by Crippen LogP contribution is -2.71. The summed E-state index contributed by atoms with van der Waals surface area (Å²) in [6, 6.07) is 6.36. The Morgan fingerprint density at radius 3 is 1.11 bits per heavy atom. The summed E-state index contributed by atoms with van der Waals surface area (Å²) < 4.78 is 220. The van der Waals surface area contributed by atoms with Gasteiger partial charge < -0.3 is 14.5 Å². The molecule has 16 aliphatic heterocycles. The Kier molecular flexibility index (Phi) is 48.6. The first-order valence-corrected chi connectivity index (χ1v) is 55.7. The van der Waals surface area contributed by atoms with Crippen LogP contribution in [0.25, 0.3) is 0 Å². The maximum absolute atomic E-state index is 13.3. The van der Waals surface area contributed by atoms with Gasteiger partial charge in [-0.15, -0.1) is 0 Å². The highest BCUT2D eigenvalue weighted by molar-refractivity contribution is 5.15. The number of ether oxygens (including phenoxy) is 1. The second-order valence-corrected chi connectivity index (χ2v) is 50.3. The quantitative estimate of drug-likeness (QED) is 0.130. The predicted octanol–water partition coefficient (Wildman–Crippen LogP) is 25.5. The van der Waals surface area contributed by atoms with Crippen molar-refractivity contribution in [2.24, 2.45) is 40.4 Å². The minimum absolute atomic E-state index is 0. The van der Waals surface area contributed by atoms with E-state index in [0.717, 1.165) is 106 Å². The Labute approximate surface area is 859 Å². The maximum Gasteiger partial charge on any atom is 0.404 e. The molecule has 0 aromatic carbocycles. The van der Waals surface area contributed by atoms with Crippen LogP contribution < -0.4 is 0 Å². The molecule has 0 aromatic rings. The van der Waals surface area contributed by atoms with Gasteiger partial charge in [0.2, 0.25) is 0 Å². The fraction of sp³-hybridized carbons (Fsp3) is 1.00. The van der Waals surface area contributed by atoms with Gasteiger partial charge in [0.05, 0.1) is 25.2 Å². The van der Waals surface area contributed by atoms with Crippen LogP contribution in [0.2, 0.25) is 0 Å². The molecule has 143 heavy (non-hydrogen) atoms. The van der Waals surface area contributed by atoms with Crippen molar-refractivity contribution >= 4 is 0 Å². The van der Waals surface area contributed by atoms with Gasteiger partial charge in [0.1, 0.15) is 12.2 Å². The number of nitrogens with zero attached hydrogens (tertiary/aromatic N) is 14. The first-order chi connectivity index (χ1) is 64.9. The summed E-state index contributed by atoms with van der Waals surface area (Å²) in [4.78, 5) is 30.6. The molecule has 0 N–H and O–H groups in total. The van der Waals surface area contributed by atoms with Gasteiger partial charge in [0, 0.05) is 274 Å². The number of morpholine rings is 1. The zero-order valence-electron chi connectivity index (χ0n) is 93.5. The van der Waals surface area contributed by atoms with E-state index >= 15 is 0 Å². The summed E-state index contributed by atoms with van der Waals surface area (Å²) in [5.74, 6) is -11.0. The summed E-state index contributed by atoms with van der Waals surface area (Å²) in [6.45, 7) is 80.1. The molecular weight excluding hydrogens is 1870 g/mol. The molecule has 4 bridgehead atoms. The fourth-order valence-electron chi connectivity index (χ4n) is 25.4. The average molecular weight is 2080 g/mol. The van der Waals surface area contributed by atoms with Crippen LogP contribution in [-0.2, 0) is 4.74 Å². The minimum atomic E-state index is -4.03. The van der Waals surface area contributed by atoms with Crippen LogP contribution in [0, 0.1) is 40.4 Å². The summed E-state index contributed by atoms with van der Waals surface area (Å²) >= 11 is 0. The molecule has 0 amide bonds. The Morgan fingerprint density at radius 2 is 0.825 bits per heavy atom. The van der Waals surface area contributed by atoms with Crippen LogP contribution in [0.5, 0.6) is 0 Å². The van der Waals surface area contributed by atoms with Crippen molar-refractivity contribution in [1.29, 1.82) is 0 Å². The van der Waals surface area contributed by atoms with Gasteiger partial charge in [-0.05, 0) is 348 Å². The summed E-state index contributed by atoms with van der Waals surface area (Å²) in [5.41, 5.74) is 0.839. The van der Waals surface area contributed by atoms with Crippen LogP contribution in [0.3, 0.4) is 0 Å². The van der Waals surface area contributed by atoms with Crippen molar-refractivity contribution in [2.75, 3.05) is 131 Å². The van der Waals surface area contributed by atoms with Gasteiger partial charge in [-0.25, -0.2) is 44.4 Å². The van der Waals surface area contributed by atoms with Crippen molar-refractivity contribution < 1.29 is 79.4 Å². The molecule has 5 aliphatic carbocycles. The summed E-state index contributed by atoms with van der Waals surface area (Å²) in [7, 11) is 2.20. The number of halogens is 17. The van der Waals surface area contributed by atoms with E-state index < -0.39 is 60.2 Å². The average Bonchev–Trinajstić information content (AvgIpc) is 1.68. The molecule has 14 atom stereocenters. The van der Waals surface area contributed by atoms with Gasteiger partial charge in [-0.3, -0.25) is 53.9 Å². The molecule has 21 fully saturated rings. The van der Waals surface area contributed by atoms with Crippen LogP contribution in [0.4, 0.5) is 74.6 Å². The molecule has 0 aromatic heterocycles. The lowest BCUT2D eigenvalue weighted by Gasteiger charge is -2.62. The normalized spacial score (nSPS) is 32.6. The third-order valence-corrected chi connectivity index (χ3v) is 35.2. The number of fused-ring (bicyclic) bond motifs is 7. The van der Waals surface area contributed by atoms with Crippen molar-refractivity contribution in [3.05, 3.63) is 0 Å². The van der Waals surface area contributed by atoms with Crippen molar-refractivity contribution in [3.63, 3.8) is 0 Å². The third kappa shape index (κ3) is 36.4. The Balaban J connectivity index is 0.000000237. The molecule has 32 heteroatoms. The number of piperazine rings is 1. The standard InChI is InChI=1S/C10H17F2N.C10H19NO.C9H14F3N.C9H15F2N.C9H16FN.C9H20N2.C9H17N.C8H13F2N.C8H15F2N.C8H17N.C7H12F3N.C7H15N.C6H11F2N.2CH4/c1-7(2)13-8-3-4-9(13)6-10(11,12)5-8;1-7(2)11-8(3)10-5-4-9(11)6-12-10;1-5(2)13-4-6-3-7(6)8(13)9(10,11)12;1-7(2)12-4-3-8(12)5-9(10,11)6-8;1-7(2)11-5-8(10)9(6-11)3-4-9;1-8(2)11-6-5-10(4)7-9(11)3;1-8(2)10-6-5-9(7-10)3-4-9;1-5(2)11-3-6-7(4-11)8(6,9)10;1-7(2)11-5-3-4-8(9,10)6-11;1-7(2)9-6-4-5-8(9)3;1-5(2)11-3-6(4-11)7(8,9)10;1-6(2)8-5-4-7(8)3;1-5(2)9-4-3-6(9,7)8;;/h7-9H,3-6H2,1-2H3;7-10H,4-6H2,1-3H3;5-8H,3-4H2,1-2H3;7H,3-6H2,1-2H3;7-8H,3-6H2,1-2H3;8-9H,5-7H2,1-4H3;8H,3-7H2,1-2H3;5-7H,3-4H2,1-2H3;7H,3-6H2,1-2H3;7-8H,4-6H2,1-3H3;5-6H,3-4H2,1-2H3;6-7H,4-5H2,1-3H3;5H,3-4H2,1-2H3;2*1H4. The number of hydrogen-bond donors (Lipinski definition) is 0. The van der Waals surface area contributed by atoms with E-state index in [4.69, 9.17) is 4.74 Å². The molecule has 0 radical (unpaired) electrons. The maximum atomic E-state index is 13.3. The second kappa shape index (κ2) is 53.6. The van der Waals surface area contributed by atoms with Crippen molar-refractivity contribution in [3.8, 4) is 0 Å². The first kappa shape index (κ1) is 130. The molecule has 16 saturated heterocycles. The molecular formula is C111H209F17N14O. The number of likely N-dealkylation sites (N-methyl/N-ethyl adjacent to an activating group) is 1. The Morgan fingerprint density at radius 1 is 0.350 bits per heavy atom. The van der Waals surface area contributed by atoms with Gasteiger partial charge in [0.15, 0.2) is 0 Å². The monoisotopic (exact) mass is 2080 g/mol. The highest BCUT2D eigenvalue weighted by atomic mass is 19.4. The van der Waals surface area contributed by atoms with E-state index in [9.17, 15) is 74.6 Å². The van der Waals surface area contributed by atoms with Gasteiger partial charge in [0.25, 0.3) is 23.7 Å². The molecule has 16 heterocycles. The molecule has 15 nitrogen and oxygen atoms in total. The topological polar surface area (TPSA) is 54.6 Å². The lowest BCUT2D eigenvalue weighted by molar-refractivity contribution is -0.228. The van der Waals surface area contributed by atoms with E-state index in [-0.39, 0.29) is 138 Å². The number of likely N-dealkylation sites (tertiary alicyclic amines) is 10. The van der Waals surface area contributed by atoms with E-state index in [0.29, 0.717) is 99.5 Å². The molecule has 5 saturated carbocycles.